The number of rotatable bonds is 3. The van der Waals surface area contributed by atoms with E-state index in [1.165, 1.54) is 0 Å². The van der Waals surface area contributed by atoms with Gasteiger partial charge in [0.15, 0.2) is 0 Å². The fourth-order valence-corrected chi connectivity index (χ4v) is 1.58. The van der Waals surface area contributed by atoms with E-state index in [4.69, 9.17) is 5.73 Å². The highest BCUT2D eigenvalue weighted by atomic mass is 79.9. The number of nitrogens with one attached hydrogen (secondary N) is 1. The SMILES string of the molecule is Cc1c(Br)cccc1C(=O)N[C@@H](C)CN. The predicted octanol–water partition coefficient (Wildman–Crippen LogP) is 1.83. The quantitative estimate of drug-likeness (QED) is 0.881. The van der Waals surface area contributed by atoms with Crippen molar-refractivity contribution in [3.8, 4) is 0 Å². The van der Waals surface area contributed by atoms with E-state index in [0.29, 0.717) is 12.1 Å². The molecule has 1 aromatic carbocycles. The molecule has 15 heavy (non-hydrogen) atoms. The van der Waals surface area contributed by atoms with Gasteiger partial charge in [0, 0.05) is 22.6 Å². The maximum absolute atomic E-state index is 11.8. The molecule has 1 aromatic rings. The Kier molecular flexibility index (Phi) is 4.29. The van der Waals surface area contributed by atoms with Gasteiger partial charge in [0.25, 0.3) is 5.91 Å². The fraction of sp³-hybridized carbons (Fsp3) is 0.364. The van der Waals surface area contributed by atoms with Crippen LogP contribution in [0.1, 0.15) is 22.8 Å². The summed E-state index contributed by atoms with van der Waals surface area (Å²) in [4.78, 5) is 11.8. The van der Waals surface area contributed by atoms with Crippen LogP contribution in [0.5, 0.6) is 0 Å². The molecule has 3 nitrogen and oxygen atoms in total. The number of carbonyl (C=O) groups is 1. The highest BCUT2D eigenvalue weighted by molar-refractivity contribution is 9.10. The van der Waals surface area contributed by atoms with Gasteiger partial charge in [-0.05, 0) is 31.5 Å². The van der Waals surface area contributed by atoms with Crippen molar-refractivity contribution in [1.82, 2.24) is 5.32 Å². The maximum atomic E-state index is 11.8. The molecule has 0 aliphatic carbocycles. The van der Waals surface area contributed by atoms with Gasteiger partial charge in [-0.25, -0.2) is 0 Å². The van der Waals surface area contributed by atoms with Crippen LogP contribution in [0.2, 0.25) is 0 Å². The number of hydrogen-bond acceptors (Lipinski definition) is 2. The Morgan fingerprint density at radius 3 is 2.87 bits per heavy atom. The molecule has 0 aliphatic heterocycles. The molecule has 0 aliphatic rings. The van der Waals surface area contributed by atoms with Crippen molar-refractivity contribution >= 4 is 21.8 Å². The van der Waals surface area contributed by atoms with Gasteiger partial charge in [0.1, 0.15) is 0 Å². The van der Waals surface area contributed by atoms with E-state index in [1.807, 2.05) is 26.0 Å². The first-order valence-electron chi connectivity index (χ1n) is 4.82. The normalized spacial score (nSPS) is 12.3. The van der Waals surface area contributed by atoms with Crippen LogP contribution in [0, 0.1) is 6.92 Å². The Hall–Kier alpha value is -0.870. The van der Waals surface area contributed by atoms with Crippen LogP contribution in [0.25, 0.3) is 0 Å². The Balaban J connectivity index is 2.87. The predicted molar refractivity (Wildman–Crippen MR) is 64.9 cm³/mol. The van der Waals surface area contributed by atoms with Crippen molar-refractivity contribution in [2.75, 3.05) is 6.54 Å². The first-order chi connectivity index (χ1) is 7.06. The van der Waals surface area contributed by atoms with Crippen LogP contribution in [-0.2, 0) is 0 Å². The molecule has 0 saturated heterocycles. The number of nitrogens with two attached hydrogens (primary N) is 1. The molecule has 0 aromatic heterocycles. The third-order valence-electron chi connectivity index (χ3n) is 2.24. The monoisotopic (exact) mass is 270 g/mol. The zero-order valence-electron chi connectivity index (χ0n) is 8.88. The second-order valence-electron chi connectivity index (χ2n) is 3.52. The van der Waals surface area contributed by atoms with Gasteiger partial charge in [0.2, 0.25) is 0 Å². The number of hydrogen-bond donors (Lipinski definition) is 2. The topological polar surface area (TPSA) is 55.1 Å². The van der Waals surface area contributed by atoms with Crippen LogP contribution in [0.15, 0.2) is 22.7 Å². The molecule has 0 spiro atoms. The molecule has 0 radical (unpaired) electrons. The van der Waals surface area contributed by atoms with E-state index in [0.717, 1.165) is 10.0 Å². The number of benzene rings is 1. The minimum atomic E-state index is -0.0771. The molecule has 0 heterocycles. The summed E-state index contributed by atoms with van der Waals surface area (Å²) in [6.45, 7) is 4.23. The van der Waals surface area contributed by atoms with Crippen LogP contribution in [0.3, 0.4) is 0 Å². The number of amides is 1. The van der Waals surface area contributed by atoms with Crippen molar-refractivity contribution in [1.29, 1.82) is 0 Å². The van der Waals surface area contributed by atoms with E-state index in [9.17, 15) is 4.79 Å². The summed E-state index contributed by atoms with van der Waals surface area (Å²) in [6.07, 6.45) is 0. The minimum Gasteiger partial charge on any atom is -0.348 e. The van der Waals surface area contributed by atoms with Crippen LogP contribution in [-0.4, -0.2) is 18.5 Å². The van der Waals surface area contributed by atoms with Gasteiger partial charge in [-0.15, -0.1) is 0 Å². The summed E-state index contributed by atoms with van der Waals surface area (Å²) in [7, 11) is 0. The molecule has 0 fully saturated rings. The van der Waals surface area contributed by atoms with Crippen LogP contribution < -0.4 is 11.1 Å². The molecule has 82 valence electrons. The molecule has 1 rings (SSSR count). The Morgan fingerprint density at radius 1 is 1.60 bits per heavy atom. The lowest BCUT2D eigenvalue weighted by molar-refractivity contribution is 0.0940. The Labute approximate surface area is 98.2 Å². The van der Waals surface area contributed by atoms with Gasteiger partial charge in [-0.3, -0.25) is 4.79 Å². The number of halogens is 1. The fourth-order valence-electron chi connectivity index (χ4n) is 1.21. The van der Waals surface area contributed by atoms with E-state index in [1.54, 1.807) is 6.07 Å². The van der Waals surface area contributed by atoms with Crippen LogP contribution in [0.4, 0.5) is 0 Å². The van der Waals surface area contributed by atoms with Crippen molar-refractivity contribution in [3.63, 3.8) is 0 Å². The molecule has 3 N–H and O–H groups in total. The lowest BCUT2D eigenvalue weighted by Gasteiger charge is -2.13. The summed E-state index contributed by atoms with van der Waals surface area (Å²) in [6, 6.07) is 5.56. The first kappa shape index (κ1) is 12.2. The van der Waals surface area contributed by atoms with Crippen molar-refractivity contribution < 1.29 is 4.79 Å². The number of carbonyl (C=O) groups excluding carboxylic acids is 1. The van der Waals surface area contributed by atoms with Gasteiger partial charge in [-0.2, -0.15) is 0 Å². The summed E-state index contributed by atoms with van der Waals surface area (Å²) < 4.78 is 0.940. The van der Waals surface area contributed by atoms with Crippen molar-refractivity contribution in [2.45, 2.75) is 19.9 Å². The third-order valence-corrected chi connectivity index (χ3v) is 3.10. The van der Waals surface area contributed by atoms with E-state index >= 15 is 0 Å². The van der Waals surface area contributed by atoms with E-state index in [-0.39, 0.29) is 11.9 Å². The lowest BCUT2D eigenvalue weighted by atomic mass is 10.1. The lowest BCUT2D eigenvalue weighted by Crippen LogP contribution is -2.38. The Bertz CT molecular complexity index is 366. The second-order valence-corrected chi connectivity index (χ2v) is 4.38. The molecule has 0 bridgehead atoms. The summed E-state index contributed by atoms with van der Waals surface area (Å²) in [5.41, 5.74) is 7.07. The van der Waals surface area contributed by atoms with Crippen LogP contribution >= 0.6 is 15.9 Å². The summed E-state index contributed by atoms with van der Waals surface area (Å²) in [5.74, 6) is -0.0771. The van der Waals surface area contributed by atoms with Gasteiger partial charge in [-0.1, -0.05) is 22.0 Å². The maximum Gasteiger partial charge on any atom is 0.251 e. The molecule has 0 unspecified atom stereocenters. The van der Waals surface area contributed by atoms with E-state index in [2.05, 4.69) is 21.2 Å². The zero-order valence-corrected chi connectivity index (χ0v) is 10.5. The van der Waals surface area contributed by atoms with Gasteiger partial charge >= 0.3 is 0 Å². The van der Waals surface area contributed by atoms with E-state index < -0.39 is 0 Å². The average molecular weight is 271 g/mol. The average Bonchev–Trinajstić information content (AvgIpc) is 2.21. The smallest absolute Gasteiger partial charge is 0.251 e. The summed E-state index contributed by atoms with van der Waals surface area (Å²) in [5, 5.41) is 2.83. The molecular weight excluding hydrogens is 256 g/mol. The molecule has 1 amide bonds. The van der Waals surface area contributed by atoms with Gasteiger partial charge in [0.05, 0.1) is 0 Å². The third kappa shape index (κ3) is 3.04. The summed E-state index contributed by atoms with van der Waals surface area (Å²) >= 11 is 3.39. The molecule has 4 heteroatoms. The first-order valence-corrected chi connectivity index (χ1v) is 5.61. The highest BCUT2D eigenvalue weighted by Crippen LogP contribution is 2.19. The van der Waals surface area contributed by atoms with Crippen molar-refractivity contribution in [2.24, 2.45) is 5.73 Å². The Morgan fingerprint density at radius 2 is 2.27 bits per heavy atom. The largest absolute Gasteiger partial charge is 0.348 e. The molecule has 0 saturated carbocycles. The second kappa shape index (κ2) is 5.28. The highest BCUT2D eigenvalue weighted by Gasteiger charge is 2.12. The molecular formula is C11H15BrN2O. The minimum absolute atomic E-state index is 0.00381. The van der Waals surface area contributed by atoms with Crippen molar-refractivity contribution in [3.05, 3.63) is 33.8 Å². The molecule has 1 atom stereocenters. The van der Waals surface area contributed by atoms with Gasteiger partial charge < -0.3 is 11.1 Å². The standard InChI is InChI=1S/C11H15BrN2O/c1-7(6-13)14-11(15)9-4-3-5-10(12)8(9)2/h3-5,7H,6,13H2,1-2H3,(H,14,15)/t7-/m0/s1. The zero-order chi connectivity index (χ0) is 11.4.